The molecule has 0 unspecified atom stereocenters. The van der Waals surface area contributed by atoms with Crippen molar-refractivity contribution in [2.45, 2.75) is 13.0 Å². The predicted octanol–water partition coefficient (Wildman–Crippen LogP) is 3.77. The molecule has 4 rings (SSSR count). The van der Waals surface area contributed by atoms with Gasteiger partial charge in [0.15, 0.2) is 0 Å². The molecule has 0 saturated carbocycles. The van der Waals surface area contributed by atoms with Crippen LogP contribution in [-0.4, -0.2) is 54.5 Å². The smallest absolute Gasteiger partial charge is 0.255 e. The number of amides is 2. The molecule has 178 valence electrons. The molecule has 8 nitrogen and oxygen atoms in total. The standard InChI is InChI=1S/C24H25FN4O4S/c25-21-5-4-18(13-22(21)28-23(30)6-7-29-8-10-32-11-9-29)27-24(31)17-2-1-3-20(12-17)33-14-19-15-34-16-26-19/h1-5,12-13,15-16H,6-11,14H2,(H,27,31)(H,28,30). The van der Waals surface area contributed by atoms with E-state index in [2.05, 4.69) is 20.5 Å². The number of morpholine rings is 1. The number of nitrogens with one attached hydrogen (secondary N) is 2. The minimum Gasteiger partial charge on any atom is -0.487 e. The van der Waals surface area contributed by atoms with Crippen LogP contribution in [0.4, 0.5) is 15.8 Å². The number of thiazole rings is 1. The minimum atomic E-state index is -0.574. The van der Waals surface area contributed by atoms with Crippen LogP contribution in [0.2, 0.25) is 0 Å². The van der Waals surface area contributed by atoms with Gasteiger partial charge in [-0.05, 0) is 36.4 Å². The van der Waals surface area contributed by atoms with Gasteiger partial charge in [0, 0.05) is 42.7 Å². The van der Waals surface area contributed by atoms with Crippen LogP contribution in [-0.2, 0) is 16.1 Å². The van der Waals surface area contributed by atoms with Gasteiger partial charge in [-0.15, -0.1) is 11.3 Å². The lowest BCUT2D eigenvalue weighted by molar-refractivity contribution is -0.116. The van der Waals surface area contributed by atoms with Gasteiger partial charge in [0.2, 0.25) is 5.91 Å². The van der Waals surface area contributed by atoms with Crippen molar-refractivity contribution < 1.29 is 23.5 Å². The minimum absolute atomic E-state index is 0.0186. The van der Waals surface area contributed by atoms with Gasteiger partial charge in [-0.2, -0.15) is 0 Å². The maximum Gasteiger partial charge on any atom is 0.255 e. The first kappa shape index (κ1) is 23.8. The first-order chi connectivity index (χ1) is 16.6. The van der Waals surface area contributed by atoms with Crippen LogP contribution in [0.5, 0.6) is 5.75 Å². The van der Waals surface area contributed by atoms with Gasteiger partial charge in [0.05, 0.1) is 30.1 Å². The number of hydrogen-bond acceptors (Lipinski definition) is 7. The molecular weight excluding hydrogens is 459 g/mol. The van der Waals surface area contributed by atoms with Crippen LogP contribution in [0.25, 0.3) is 0 Å². The molecule has 1 aromatic heterocycles. The van der Waals surface area contributed by atoms with Crippen LogP contribution in [0, 0.1) is 5.82 Å². The molecule has 1 saturated heterocycles. The van der Waals surface area contributed by atoms with Gasteiger partial charge in [-0.25, -0.2) is 9.37 Å². The number of nitrogens with zero attached hydrogens (tertiary/aromatic N) is 2. The molecule has 1 fully saturated rings. The number of ether oxygens (including phenoxy) is 2. The lowest BCUT2D eigenvalue weighted by Crippen LogP contribution is -2.38. The number of rotatable bonds is 9. The zero-order chi connectivity index (χ0) is 23.8. The summed E-state index contributed by atoms with van der Waals surface area (Å²) in [6.45, 7) is 3.74. The maximum atomic E-state index is 14.3. The Labute approximate surface area is 200 Å². The Morgan fingerprint density at radius 1 is 1.15 bits per heavy atom. The second-order valence-corrected chi connectivity index (χ2v) is 8.42. The summed E-state index contributed by atoms with van der Waals surface area (Å²) in [5.41, 5.74) is 3.31. The molecule has 3 aromatic rings. The van der Waals surface area contributed by atoms with E-state index in [0.29, 0.717) is 43.4 Å². The summed E-state index contributed by atoms with van der Waals surface area (Å²) in [6.07, 6.45) is 0.240. The third-order valence-corrected chi connectivity index (χ3v) is 5.86. The summed E-state index contributed by atoms with van der Waals surface area (Å²) in [4.78, 5) is 31.3. The van der Waals surface area contributed by atoms with Gasteiger partial charge < -0.3 is 20.1 Å². The molecule has 0 spiro atoms. The highest BCUT2D eigenvalue weighted by Crippen LogP contribution is 2.22. The largest absolute Gasteiger partial charge is 0.487 e. The van der Waals surface area contributed by atoms with E-state index in [-0.39, 0.29) is 23.9 Å². The SMILES string of the molecule is O=C(CCN1CCOCC1)Nc1cc(NC(=O)c2cccc(OCc3cscn3)c2)ccc1F. The Morgan fingerprint density at radius 2 is 2.00 bits per heavy atom. The molecule has 2 aromatic carbocycles. The number of hydrogen-bond donors (Lipinski definition) is 2. The highest BCUT2D eigenvalue weighted by atomic mass is 32.1. The molecule has 0 bridgehead atoms. The number of carbonyl (C=O) groups is 2. The van der Waals surface area contributed by atoms with E-state index in [1.54, 1.807) is 29.8 Å². The summed E-state index contributed by atoms with van der Waals surface area (Å²) in [5, 5.41) is 7.22. The number of anilines is 2. The quantitative estimate of drug-likeness (QED) is 0.480. The number of carbonyl (C=O) groups excluding carboxylic acids is 2. The maximum absolute atomic E-state index is 14.3. The fourth-order valence-electron chi connectivity index (χ4n) is 3.39. The summed E-state index contributed by atoms with van der Waals surface area (Å²) in [5.74, 6) is -0.711. The van der Waals surface area contributed by atoms with E-state index >= 15 is 0 Å². The van der Waals surface area contributed by atoms with E-state index in [4.69, 9.17) is 9.47 Å². The predicted molar refractivity (Wildman–Crippen MR) is 128 cm³/mol. The van der Waals surface area contributed by atoms with Crippen molar-refractivity contribution in [3.8, 4) is 5.75 Å². The monoisotopic (exact) mass is 484 g/mol. The fraction of sp³-hybridized carbons (Fsp3) is 0.292. The lowest BCUT2D eigenvalue weighted by atomic mass is 10.2. The third kappa shape index (κ3) is 6.83. The molecule has 1 aliphatic heterocycles. The second kappa shape index (κ2) is 11.7. The van der Waals surface area contributed by atoms with Gasteiger partial charge in [0.25, 0.3) is 5.91 Å². The molecule has 0 radical (unpaired) electrons. The van der Waals surface area contributed by atoms with Crippen LogP contribution < -0.4 is 15.4 Å². The van der Waals surface area contributed by atoms with Crippen molar-refractivity contribution in [2.75, 3.05) is 43.5 Å². The molecular formula is C24H25FN4O4S. The van der Waals surface area contributed by atoms with E-state index < -0.39 is 5.82 Å². The number of benzene rings is 2. The van der Waals surface area contributed by atoms with Crippen molar-refractivity contribution >= 4 is 34.5 Å². The van der Waals surface area contributed by atoms with E-state index in [1.807, 2.05) is 5.38 Å². The third-order valence-electron chi connectivity index (χ3n) is 5.22. The first-order valence-electron chi connectivity index (χ1n) is 10.9. The van der Waals surface area contributed by atoms with Crippen molar-refractivity contribution in [1.82, 2.24) is 9.88 Å². The summed E-state index contributed by atoms with van der Waals surface area (Å²) >= 11 is 1.48. The normalized spacial score (nSPS) is 13.9. The van der Waals surface area contributed by atoms with Crippen molar-refractivity contribution in [1.29, 1.82) is 0 Å². The second-order valence-electron chi connectivity index (χ2n) is 7.70. The Kier molecular flexibility index (Phi) is 8.18. The molecule has 34 heavy (non-hydrogen) atoms. The van der Waals surface area contributed by atoms with Crippen LogP contribution >= 0.6 is 11.3 Å². The average Bonchev–Trinajstić information content (AvgIpc) is 3.38. The Bertz CT molecular complexity index is 1120. The van der Waals surface area contributed by atoms with Gasteiger partial charge in [0.1, 0.15) is 18.2 Å². The topological polar surface area (TPSA) is 92.8 Å². The van der Waals surface area contributed by atoms with Crippen LogP contribution in [0.3, 0.4) is 0 Å². The van der Waals surface area contributed by atoms with Gasteiger partial charge in [-0.1, -0.05) is 6.07 Å². The summed E-state index contributed by atoms with van der Waals surface area (Å²) in [6, 6.07) is 10.8. The zero-order valence-corrected chi connectivity index (χ0v) is 19.3. The Balaban J connectivity index is 1.33. The fourth-order valence-corrected chi connectivity index (χ4v) is 3.94. The molecule has 2 amide bonds. The zero-order valence-electron chi connectivity index (χ0n) is 18.5. The molecule has 10 heteroatoms. The lowest BCUT2D eigenvalue weighted by Gasteiger charge is -2.26. The number of halogens is 1. The molecule has 0 atom stereocenters. The Morgan fingerprint density at radius 3 is 2.79 bits per heavy atom. The number of aromatic nitrogens is 1. The molecule has 1 aliphatic rings. The van der Waals surface area contributed by atoms with E-state index in [9.17, 15) is 14.0 Å². The highest BCUT2D eigenvalue weighted by Gasteiger charge is 2.14. The molecule has 0 aliphatic carbocycles. The Hall–Kier alpha value is -3.34. The van der Waals surface area contributed by atoms with E-state index in [1.165, 1.54) is 29.5 Å². The summed E-state index contributed by atoms with van der Waals surface area (Å²) < 4.78 is 25.3. The van der Waals surface area contributed by atoms with Gasteiger partial charge >= 0.3 is 0 Å². The van der Waals surface area contributed by atoms with Crippen LogP contribution in [0.1, 0.15) is 22.5 Å². The molecule has 2 heterocycles. The van der Waals surface area contributed by atoms with Crippen molar-refractivity contribution in [3.05, 3.63) is 70.4 Å². The summed E-state index contributed by atoms with van der Waals surface area (Å²) in [7, 11) is 0. The van der Waals surface area contributed by atoms with E-state index in [0.717, 1.165) is 18.8 Å². The van der Waals surface area contributed by atoms with Gasteiger partial charge in [-0.3, -0.25) is 14.5 Å². The average molecular weight is 485 g/mol. The van der Waals surface area contributed by atoms with Crippen molar-refractivity contribution in [3.63, 3.8) is 0 Å². The first-order valence-corrected chi connectivity index (χ1v) is 11.8. The van der Waals surface area contributed by atoms with Crippen molar-refractivity contribution in [2.24, 2.45) is 0 Å². The molecule has 2 N–H and O–H groups in total. The van der Waals surface area contributed by atoms with Crippen LogP contribution in [0.15, 0.2) is 53.4 Å². The highest BCUT2D eigenvalue weighted by molar-refractivity contribution is 7.07.